The lowest BCUT2D eigenvalue weighted by Crippen LogP contribution is -2.03. The molecular formula is C15H12Br2O2. The van der Waals surface area contributed by atoms with E-state index in [1.54, 1.807) is 19.2 Å². The fourth-order valence-corrected chi connectivity index (χ4v) is 2.72. The average Bonchev–Trinajstić information content (AvgIpc) is 2.42. The van der Waals surface area contributed by atoms with E-state index in [1.165, 1.54) is 0 Å². The highest BCUT2D eigenvalue weighted by molar-refractivity contribution is 9.11. The summed E-state index contributed by atoms with van der Waals surface area (Å²) in [4.78, 5) is 12.5. The fourth-order valence-electron chi connectivity index (χ4n) is 1.74. The third-order valence-electron chi connectivity index (χ3n) is 2.82. The van der Waals surface area contributed by atoms with Crippen LogP contribution in [0.4, 0.5) is 0 Å². The van der Waals surface area contributed by atoms with Gasteiger partial charge in [-0.05, 0) is 36.8 Å². The van der Waals surface area contributed by atoms with Crippen LogP contribution in [0.25, 0.3) is 0 Å². The van der Waals surface area contributed by atoms with Gasteiger partial charge in [0.15, 0.2) is 5.78 Å². The molecule has 0 aromatic heterocycles. The quantitative estimate of drug-likeness (QED) is 0.714. The summed E-state index contributed by atoms with van der Waals surface area (Å²) < 4.78 is 6.85. The molecule has 0 atom stereocenters. The van der Waals surface area contributed by atoms with Gasteiger partial charge in [-0.25, -0.2) is 0 Å². The van der Waals surface area contributed by atoms with Gasteiger partial charge in [-0.2, -0.15) is 0 Å². The number of carbonyl (C=O) groups is 1. The van der Waals surface area contributed by atoms with Crippen molar-refractivity contribution in [2.75, 3.05) is 7.11 Å². The Balaban J connectivity index is 2.46. The van der Waals surface area contributed by atoms with Crippen molar-refractivity contribution in [3.8, 4) is 5.75 Å². The highest BCUT2D eigenvalue weighted by Gasteiger charge is 2.14. The molecule has 0 N–H and O–H groups in total. The normalized spacial score (nSPS) is 10.3. The number of halogens is 2. The monoisotopic (exact) mass is 382 g/mol. The van der Waals surface area contributed by atoms with E-state index in [4.69, 9.17) is 4.74 Å². The van der Waals surface area contributed by atoms with E-state index in [0.717, 1.165) is 14.5 Å². The maximum atomic E-state index is 12.5. The first-order valence-electron chi connectivity index (χ1n) is 5.67. The topological polar surface area (TPSA) is 26.3 Å². The first-order chi connectivity index (χ1) is 9.02. The molecule has 2 nitrogen and oxygen atoms in total. The third kappa shape index (κ3) is 3.07. The van der Waals surface area contributed by atoms with Crippen LogP contribution in [0.2, 0.25) is 0 Å². The summed E-state index contributed by atoms with van der Waals surface area (Å²) in [6.07, 6.45) is 0. The van der Waals surface area contributed by atoms with E-state index < -0.39 is 0 Å². The summed E-state index contributed by atoms with van der Waals surface area (Å²) >= 11 is 6.89. The second kappa shape index (κ2) is 5.88. The highest BCUT2D eigenvalue weighted by atomic mass is 79.9. The number of benzene rings is 2. The van der Waals surface area contributed by atoms with E-state index in [2.05, 4.69) is 31.9 Å². The molecule has 0 unspecified atom stereocenters. The Morgan fingerprint density at radius 1 is 1.11 bits per heavy atom. The Hall–Kier alpha value is -1.13. The zero-order chi connectivity index (χ0) is 14.0. The van der Waals surface area contributed by atoms with Crippen LogP contribution in [-0.4, -0.2) is 12.9 Å². The Bertz CT molecular complexity index is 636. The average molecular weight is 384 g/mol. The summed E-state index contributed by atoms with van der Waals surface area (Å²) in [7, 11) is 1.59. The van der Waals surface area contributed by atoms with E-state index in [0.29, 0.717) is 16.9 Å². The molecule has 19 heavy (non-hydrogen) atoms. The predicted molar refractivity (Wildman–Crippen MR) is 83.0 cm³/mol. The van der Waals surface area contributed by atoms with Crippen molar-refractivity contribution >= 4 is 37.6 Å². The Morgan fingerprint density at radius 2 is 1.84 bits per heavy atom. The number of hydrogen-bond donors (Lipinski definition) is 0. The second-order valence-corrected chi connectivity index (χ2v) is 5.85. The van der Waals surface area contributed by atoms with Crippen molar-refractivity contribution in [3.63, 3.8) is 0 Å². The minimum absolute atomic E-state index is 0.0357. The molecule has 4 heteroatoms. The lowest BCUT2D eigenvalue weighted by atomic mass is 10.0. The van der Waals surface area contributed by atoms with Crippen molar-refractivity contribution in [2.24, 2.45) is 0 Å². The van der Waals surface area contributed by atoms with Gasteiger partial charge in [0.25, 0.3) is 0 Å². The molecule has 0 radical (unpaired) electrons. The molecule has 98 valence electrons. The van der Waals surface area contributed by atoms with Crippen LogP contribution in [0.1, 0.15) is 21.5 Å². The number of rotatable bonds is 3. The summed E-state index contributed by atoms with van der Waals surface area (Å²) in [5.41, 5.74) is 2.32. The van der Waals surface area contributed by atoms with Crippen molar-refractivity contribution in [3.05, 3.63) is 62.0 Å². The van der Waals surface area contributed by atoms with Gasteiger partial charge in [0.2, 0.25) is 0 Å². The molecule has 0 saturated heterocycles. The van der Waals surface area contributed by atoms with Crippen LogP contribution in [0.5, 0.6) is 5.75 Å². The first kappa shape index (κ1) is 14.3. The van der Waals surface area contributed by atoms with Gasteiger partial charge in [0.05, 0.1) is 7.11 Å². The molecule has 0 bridgehead atoms. The number of aryl methyl sites for hydroxylation is 1. The van der Waals surface area contributed by atoms with E-state index in [-0.39, 0.29) is 5.78 Å². The van der Waals surface area contributed by atoms with Gasteiger partial charge in [-0.3, -0.25) is 4.79 Å². The molecule has 0 fully saturated rings. The second-order valence-electron chi connectivity index (χ2n) is 4.14. The zero-order valence-electron chi connectivity index (χ0n) is 10.5. The molecule has 0 amide bonds. The standard InChI is InChI=1S/C15H12Br2O2/c1-9-6-14(17)12(8-13(9)16)15(18)10-4-3-5-11(7-10)19-2/h3-8H,1-2H3. The third-order valence-corrected chi connectivity index (χ3v) is 4.34. The van der Waals surface area contributed by atoms with Gasteiger partial charge in [-0.15, -0.1) is 0 Å². The van der Waals surface area contributed by atoms with Crippen LogP contribution in [-0.2, 0) is 0 Å². The predicted octanol–water partition coefficient (Wildman–Crippen LogP) is 4.76. The maximum absolute atomic E-state index is 12.5. The summed E-state index contributed by atoms with van der Waals surface area (Å²) in [6.45, 7) is 1.98. The van der Waals surface area contributed by atoms with Gasteiger partial charge >= 0.3 is 0 Å². The summed E-state index contributed by atoms with van der Waals surface area (Å²) in [5, 5.41) is 0. The van der Waals surface area contributed by atoms with E-state index in [9.17, 15) is 4.79 Å². The number of methoxy groups -OCH3 is 1. The summed E-state index contributed by atoms with van der Waals surface area (Å²) in [6, 6.07) is 10.9. The molecule has 0 saturated carbocycles. The smallest absolute Gasteiger partial charge is 0.194 e. The number of carbonyl (C=O) groups excluding carboxylic acids is 1. The van der Waals surface area contributed by atoms with Crippen LogP contribution >= 0.6 is 31.9 Å². The lowest BCUT2D eigenvalue weighted by Gasteiger charge is -2.08. The van der Waals surface area contributed by atoms with Crippen LogP contribution in [0, 0.1) is 6.92 Å². The van der Waals surface area contributed by atoms with Gasteiger partial charge < -0.3 is 4.74 Å². The molecule has 0 aliphatic carbocycles. The number of hydrogen-bond acceptors (Lipinski definition) is 2. The van der Waals surface area contributed by atoms with Crippen molar-refractivity contribution < 1.29 is 9.53 Å². The van der Waals surface area contributed by atoms with Crippen LogP contribution < -0.4 is 4.74 Å². The minimum Gasteiger partial charge on any atom is -0.497 e. The molecule has 0 aliphatic heterocycles. The zero-order valence-corrected chi connectivity index (χ0v) is 13.7. The van der Waals surface area contributed by atoms with Crippen molar-refractivity contribution in [1.29, 1.82) is 0 Å². The molecule has 0 spiro atoms. The van der Waals surface area contributed by atoms with Gasteiger partial charge in [0.1, 0.15) is 5.75 Å². The van der Waals surface area contributed by atoms with Crippen molar-refractivity contribution in [1.82, 2.24) is 0 Å². The largest absolute Gasteiger partial charge is 0.497 e. The Morgan fingerprint density at radius 3 is 2.53 bits per heavy atom. The van der Waals surface area contributed by atoms with E-state index >= 15 is 0 Å². The fraction of sp³-hybridized carbons (Fsp3) is 0.133. The summed E-state index contributed by atoms with van der Waals surface area (Å²) in [5.74, 6) is 0.639. The Kier molecular flexibility index (Phi) is 4.42. The van der Waals surface area contributed by atoms with Gasteiger partial charge in [-0.1, -0.05) is 44.0 Å². The van der Waals surface area contributed by atoms with Crippen LogP contribution in [0.15, 0.2) is 45.3 Å². The minimum atomic E-state index is -0.0357. The first-order valence-corrected chi connectivity index (χ1v) is 7.26. The number of ketones is 1. The Labute approximate surface area is 129 Å². The lowest BCUT2D eigenvalue weighted by molar-refractivity contribution is 0.103. The van der Waals surface area contributed by atoms with Crippen LogP contribution in [0.3, 0.4) is 0 Å². The molecule has 0 aliphatic rings. The molecule has 2 aromatic carbocycles. The van der Waals surface area contributed by atoms with Crippen molar-refractivity contribution in [2.45, 2.75) is 6.92 Å². The molecular weight excluding hydrogens is 372 g/mol. The highest BCUT2D eigenvalue weighted by Crippen LogP contribution is 2.28. The van der Waals surface area contributed by atoms with Gasteiger partial charge in [0, 0.05) is 20.1 Å². The number of ether oxygens (including phenoxy) is 1. The van der Waals surface area contributed by atoms with E-state index in [1.807, 2.05) is 31.2 Å². The SMILES string of the molecule is COc1cccc(C(=O)c2cc(Br)c(C)cc2Br)c1. The molecule has 2 aromatic rings. The molecule has 2 rings (SSSR count). The maximum Gasteiger partial charge on any atom is 0.194 e. The molecule has 0 heterocycles.